The van der Waals surface area contributed by atoms with Crippen molar-refractivity contribution in [2.75, 3.05) is 20.3 Å². The molecule has 2 amide bonds. The summed E-state index contributed by atoms with van der Waals surface area (Å²) in [7, 11) is 1.59. The Hall–Kier alpha value is -3.06. The van der Waals surface area contributed by atoms with Crippen LogP contribution in [0, 0.1) is 0 Å². The third-order valence-corrected chi connectivity index (χ3v) is 6.00. The number of hydrogen-bond donors (Lipinski definition) is 1. The molecule has 0 radical (unpaired) electrons. The van der Waals surface area contributed by atoms with Gasteiger partial charge in [-0.1, -0.05) is 42.5 Å². The van der Waals surface area contributed by atoms with Gasteiger partial charge in [0.25, 0.3) is 5.91 Å². The summed E-state index contributed by atoms with van der Waals surface area (Å²) in [6.45, 7) is 4.13. The number of amides is 2. The van der Waals surface area contributed by atoms with E-state index in [0.29, 0.717) is 18.0 Å². The zero-order valence-corrected chi connectivity index (χ0v) is 20.0. The monoisotopic (exact) mass is 498 g/mol. The van der Waals surface area contributed by atoms with E-state index in [4.69, 9.17) is 9.47 Å². The first-order valence-corrected chi connectivity index (χ1v) is 11.2. The van der Waals surface area contributed by atoms with E-state index in [0.717, 1.165) is 20.8 Å². The highest BCUT2D eigenvalue weighted by Gasteiger charge is 2.26. The van der Waals surface area contributed by atoms with Gasteiger partial charge in [-0.25, -0.2) is 0 Å². The smallest absolute Gasteiger partial charge is 0.261 e. The van der Waals surface area contributed by atoms with E-state index in [1.165, 1.54) is 4.90 Å². The lowest BCUT2D eigenvalue weighted by Gasteiger charge is -2.28. The average Bonchev–Trinajstić information content (AvgIpc) is 2.82. The minimum atomic E-state index is -0.655. The molecule has 1 N–H and O–H groups in total. The maximum Gasteiger partial charge on any atom is 0.261 e. The molecule has 0 spiro atoms. The summed E-state index contributed by atoms with van der Waals surface area (Å²) in [5.74, 6) is 0.767. The molecular weight excluding hydrogens is 472 g/mol. The molecule has 6 nitrogen and oxygen atoms in total. The Kier molecular flexibility index (Phi) is 8.11. The van der Waals surface area contributed by atoms with Gasteiger partial charge in [0.1, 0.15) is 17.5 Å². The normalized spacial score (nSPS) is 11.6. The van der Waals surface area contributed by atoms with Gasteiger partial charge in [-0.05, 0) is 64.3 Å². The summed E-state index contributed by atoms with van der Waals surface area (Å²) >= 11 is 3.58. The van der Waals surface area contributed by atoms with Crippen LogP contribution in [0.4, 0.5) is 0 Å². The van der Waals surface area contributed by atoms with Gasteiger partial charge in [0.2, 0.25) is 5.91 Å². The number of nitrogens with one attached hydrogen (secondary N) is 1. The van der Waals surface area contributed by atoms with Gasteiger partial charge in [0.05, 0.1) is 11.6 Å². The molecule has 0 saturated carbocycles. The third kappa shape index (κ3) is 5.59. The van der Waals surface area contributed by atoms with E-state index in [2.05, 4.69) is 21.2 Å². The van der Waals surface area contributed by atoms with Gasteiger partial charge in [0, 0.05) is 13.1 Å². The number of benzene rings is 3. The first-order valence-electron chi connectivity index (χ1n) is 10.4. The van der Waals surface area contributed by atoms with E-state index in [-0.39, 0.29) is 25.0 Å². The predicted octanol–water partition coefficient (Wildman–Crippen LogP) is 4.54. The predicted molar refractivity (Wildman–Crippen MR) is 129 cm³/mol. The standard InChI is InChI=1S/C25H27BrN2O4/c1-4-27-25(30)17(2)28(15-18-8-7-10-20(14-18)31-3)23(29)16-32-22-13-12-19-9-5-6-11-21(19)24(22)26/h5-14,17H,4,15-16H2,1-3H3,(H,27,30)/t17-/m0/s1. The van der Waals surface area contributed by atoms with Crippen LogP contribution >= 0.6 is 15.9 Å². The first-order chi connectivity index (χ1) is 15.4. The van der Waals surface area contributed by atoms with Crippen molar-refractivity contribution >= 4 is 38.5 Å². The van der Waals surface area contributed by atoms with Crippen molar-refractivity contribution in [3.05, 3.63) is 70.7 Å². The highest BCUT2D eigenvalue weighted by molar-refractivity contribution is 9.10. The van der Waals surface area contributed by atoms with E-state index in [1.807, 2.05) is 67.6 Å². The van der Waals surface area contributed by atoms with Crippen LogP contribution in [0.1, 0.15) is 19.4 Å². The topological polar surface area (TPSA) is 67.9 Å². The first kappa shape index (κ1) is 23.6. The summed E-state index contributed by atoms with van der Waals surface area (Å²) in [5.41, 5.74) is 0.862. The Bertz CT molecular complexity index is 1100. The highest BCUT2D eigenvalue weighted by atomic mass is 79.9. The summed E-state index contributed by atoms with van der Waals surface area (Å²) in [4.78, 5) is 27.2. The van der Waals surface area contributed by atoms with Crippen LogP contribution in [0.25, 0.3) is 10.8 Å². The van der Waals surface area contributed by atoms with Gasteiger partial charge < -0.3 is 19.7 Å². The molecule has 0 aromatic heterocycles. The van der Waals surface area contributed by atoms with Crippen LogP contribution in [-0.4, -0.2) is 43.0 Å². The number of carbonyl (C=O) groups is 2. The molecule has 7 heteroatoms. The Morgan fingerprint density at radius 3 is 2.62 bits per heavy atom. The van der Waals surface area contributed by atoms with Gasteiger partial charge >= 0.3 is 0 Å². The summed E-state index contributed by atoms with van der Waals surface area (Å²) in [5, 5.41) is 4.86. The molecule has 3 aromatic rings. The second kappa shape index (κ2) is 11.0. The number of halogens is 1. The van der Waals surface area contributed by atoms with Crippen LogP contribution in [-0.2, 0) is 16.1 Å². The Morgan fingerprint density at radius 2 is 1.88 bits per heavy atom. The molecule has 0 heterocycles. The number of rotatable bonds is 9. The van der Waals surface area contributed by atoms with Gasteiger partial charge in [-0.2, -0.15) is 0 Å². The maximum atomic E-state index is 13.2. The van der Waals surface area contributed by atoms with E-state index in [9.17, 15) is 9.59 Å². The molecule has 32 heavy (non-hydrogen) atoms. The largest absolute Gasteiger partial charge is 0.497 e. The number of likely N-dealkylation sites (N-methyl/N-ethyl adjacent to an activating group) is 1. The van der Waals surface area contributed by atoms with Gasteiger partial charge in [0.15, 0.2) is 6.61 Å². The zero-order valence-electron chi connectivity index (χ0n) is 18.4. The molecule has 3 rings (SSSR count). The third-order valence-electron chi connectivity index (χ3n) is 5.18. The minimum Gasteiger partial charge on any atom is -0.497 e. The molecule has 0 fully saturated rings. The fraction of sp³-hybridized carbons (Fsp3) is 0.280. The van der Waals surface area contributed by atoms with Crippen molar-refractivity contribution in [3.63, 3.8) is 0 Å². The van der Waals surface area contributed by atoms with Crippen LogP contribution in [0.2, 0.25) is 0 Å². The molecule has 3 aromatic carbocycles. The molecule has 0 unspecified atom stereocenters. The van der Waals surface area contributed by atoms with Crippen molar-refractivity contribution in [1.82, 2.24) is 10.2 Å². The zero-order chi connectivity index (χ0) is 23.1. The van der Waals surface area contributed by atoms with Crippen molar-refractivity contribution in [2.24, 2.45) is 0 Å². The van der Waals surface area contributed by atoms with E-state index >= 15 is 0 Å². The second-order valence-electron chi connectivity index (χ2n) is 7.33. The fourth-order valence-corrected chi connectivity index (χ4v) is 4.03. The molecule has 0 aliphatic heterocycles. The van der Waals surface area contributed by atoms with E-state index < -0.39 is 6.04 Å². The number of hydrogen-bond acceptors (Lipinski definition) is 4. The number of ether oxygens (including phenoxy) is 2. The van der Waals surface area contributed by atoms with Crippen molar-refractivity contribution in [1.29, 1.82) is 0 Å². The lowest BCUT2D eigenvalue weighted by molar-refractivity contribution is -0.142. The molecule has 1 atom stereocenters. The lowest BCUT2D eigenvalue weighted by atomic mass is 10.1. The van der Waals surface area contributed by atoms with Gasteiger partial charge in [-0.15, -0.1) is 0 Å². The quantitative estimate of drug-likeness (QED) is 0.470. The molecule has 0 aliphatic carbocycles. The molecule has 0 bridgehead atoms. The average molecular weight is 499 g/mol. The van der Waals surface area contributed by atoms with Crippen LogP contribution in [0.5, 0.6) is 11.5 Å². The summed E-state index contributed by atoms with van der Waals surface area (Å²) < 4.78 is 11.9. The lowest BCUT2D eigenvalue weighted by Crippen LogP contribution is -2.49. The van der Waals surface area contributed by atoms with Crippen molar-refractivity contribution in [3.8, 4) is 11.5 Å². The van der Waals surface area contributed by atoms with Crippen LogP contribution < -0.4 is 14.8 Å². The van der Waals surface area contributed by atoms with Crippen molar-refractivity contribution in [2.45, 2.75) is 26.4 Å². The number of fused-ring (bicyclic) bond motifs is 1. The molecule has 0 saturated heterocycles. The number of carbonyl (C=O) groups excluding carboxylic acids is 2. The summed E-state index contributed by atoms with van der Waals surface area (Å²) in [6.07, 6.45) is 0. The highest BCUT2D eigenvalue weighted by Crippen LogP contribution is 2.33. The SMILES string of the molecule is CCNC(=O)[C@H](C)N(Cc1cccc(OC)c1)C(=O)COc1ccc2ccccc2c1Br. The molecule has 168 valence electrons. The Morgan fingerprint density at radius 1 is 1.09 bits per heavy atom. The van der Waals surface area contributed by atoms with Crippen molar-refractivity contribution < 1.29 is 19.1 Å². The number of nitrogens with zero attached hydrogens (tertiary/aromatic N) is 1. The van der Waals surface area contributed by atoms with E-state index in [1.54, 1.807) is 14.0 Å². The number of methoxy groups -OCH3 is 1. The molecule has 0 aliphatic rings. The fourth-order valence-electron chi connectivity index (χ4n) is 3.42. The Labute approximate surface area is 196 Å². The second-order valence-corrected chi connectivity index (χ2v) is 8.12. The molecular formula is C25H27BrN2O4. The van der Waals surface area contributed by atoms with Crippen LogP contribution in [0.3, 0.4) is 0 Å². The van der Waals surface area contributed by atoms with Gasteiger partial charge in [-0.3, -0.25) is 9.59 Å². The van der Waals surface area contributed by atoms with Crippen LogP contribution in [0.15, 0.2) is 65.1 Å². The summed E-state index contributed by atoms with van der Waals surface area (Å²) in [6, 6.07) is 18.5. The maximum absolute atomic E-state index is 13.2. The Balaban J connectivity index is 1.79. The minimum absolute atomic E-state index is 0.190.